The number of ether oxygens (including phenoxy) is 2. The lowest BCUT2D eigenvalue weighted by Crippen LogP contribution is -2.36. The largest absolute Gasteiger partial charge is 0.497 e. The number of fused-ring (bicyclic) bond motifs is 1. The number of amides is 1. The molecule has 2 fully saturated rings. The van der Waals surface area contributed by atoms with Gasteiger partial charge in [-0.1, -0.05) is 18.2 Å². The average Bonchev–Trinajstić information content (AvgIpc) is 3.27. The van der Waals surface area contributed by atoms with Crippen LogP contribution in [0.2, 0.25) is 0 Å². The van der Waals surface area contributed by atoms with Crippen molar-refractivity contribution in [3.8, 4) is 5.75 Å². The molecule has 0 spiro atoms. The van der Waals surface area contributed by atoms with E-state index in [-0.39, 0.29) is 23.8 Å². The summed E-state index contributed by atoms with van der Waals surface area (Å²) in [6.45, 7) is 3.56. The third kappa shape index (κ3) is 4.12. The van der Waals surface area contributed by atoms with Gasteiger partial charge in [0, 0.05) is 31.7 Å². The predicted octanol–water partition coefficient (Wildman–Crippen LogP) is 1.85. The van der Waals surface area contributed by atoms with Crippen LogP contribution in [0.4, 0.5) is 0 Å². The maximum absolute atomic E-state index is 12.7. The maximum atomic E-state index is 12.7. The summed E-state index contributed by atoms with van der Waals surface area (Å²) in [5.74, 6) is 1.10. The molecule has 1 aromatic heterocycles. The Morgan fingerprint density at radius 3 is 3.04 bits per heavy atom. The summed E-state index contributed by atoms with van der Waals surface area (Å²) >= 11 is 0. The summed E-state index contributed by atoms with van der Waals surface area (Å²) < 4.78 is 11.2. The van der Waals surface area contributed by atoms with E-state index in [2.05, 4.69) is 27.3 Å². The van der Waals surface area contributed by atoms with Crippen LogP contribution >= 0.6 is 0 Å². The highest BCUT2D eigenvalue weighted by Gasteiger charge is 2.46. The van der Waals surface area contributed by atoms with Gasteiger partial charge >= 0.3 is 0 Å². The number of hydrogen-bond acceptors (Lipinski definition) is 5. The number of nitrogens with zero attached hydrogens (tertiary/aromatic N) is 2. The summed E-state index contributed by atoms with van der Waals surface area (Å²) in [6.07, 6.45) is 1.88. The minimum atomic E-state index is -0.0889. The van der Waals surface area contributed by atoms with Gasteiger partial charge in [0.25, 0.3) is 0 Å². The van der Waals surface area contributed by atoms with Gasteiger partial charge in [-0.25, -0.2) is 0 Å². The molecule has 0 aliphatic carbocycles. The highest BCUT2D eigenvalue weighted by molar-refractivity contribution is 5.79. The number of pyridine rings is 1. The second kappa shape index (κ2) is 8.06. The second-order valence-corrected chi connectivity index (χ2v) is 7.23. The summed E-state index contributed by atoms with van der Waals surface area (Å²) in [6, 6.07) is 13.8. The Kier molecular flexibility index (Phi) is 5.36. The number of hydrogen-bond donors (Lipinski definition) is 1. The third-order valence-corrected chi connectivity index (χ3v) is 5.44. The predicted molar refractivity (Wildman–Crippen MR) is 101 cm³/mol. The molecule has 27 heavy (non-hydrogen) atoms. The molecule has 4 rings (SSSR count). The Morgan fingerprint density at radius 2 is 2.22 bits per heavy atom. The monoisotopic (exact) mass is 367 g/mol. The molecule has 6 heteroatoms. The van der Waals surface area contributed by atoms with Crippen LogP contribution in [0.1, 0.15) is 11.3 Å². The Balaban J connectivity index is 1.33. The number of benzene rings is 1. The first kappa shape index (κ1) is 17.9. The Morgan fingerprint density at radius 1 is 1.30 bits per heavy atom. The molecule has 0 bridgehead atoms. The zero-order valence-electron chi connectivity index (χ0n) is 15.5. The van der Waals surface area contributed by atoms with Crippen LogP contribution in [0, 0.1) is 11.8 Å². The van der Waals surface area contributed by atoms with Gasteiger partial charge in [0.1, 0.15) is 5.75 Å². The molecule has 1 N–H and O–H groups in total. The molecule has 6 nitrogen and oxygen atoms in total. The molecule has 2 aromatic rings. The number of likely N-dealkylation sites (tertiary alicyclic amines) is 1. The molecule has 0 saturated carbocycles. The van der Waals surface area contributed by atoms with Crippen molar-refractivity contribution in [1.29, 1.82) is 0 Å². The van der Waals surface area contributed by atoms with Gasteiger partial charge < -0.3 is 14.8 Å². The quantitative estimate of drug-likeness (QED) is 0.844. The smallest absolute Gasteiger partial charge is 0.226 e. The van der Waals surface area contributed by atoms with E-state index in [1.807, 2.05) is 30.3 Å². The summed E-state index contributed by atoms with van der Waals surface area (Å²) in [5.41, 5.74) is 2.08. The van der Waals surface area contributed by atoms with Crippen molar-refractivity contribution >= 4 is 5.91 Å². The van der Waals surface area contributed by atoms with Crippen LogP contribution in [0.15, 0.2) is 48.7 Å². The Bertz CT molecular complexity index is 783. The van der Waals surface area contributed by atoms with E-state index >= 15 is 0 Å². The lowest BCUT2D eigenvalue weighted by molar-refractivity contribution is -0.126. The van der Waals surface area contributed by atoms with Crippen LogP contribution in [0.5, 0.6) is 5.75 Å². The molecule has 0 radical (unpaired) electrons. The minimum absolute atomic E-state index is 0.0661. The molecule has 2 aliphatic heterocycles. The van der Waals surface area contributed by atoms with E-state index in [1.165, 1.54) is 5.56 Å². The Hall–Kier alpha value is -2.44. The van der Waals surface area contributed by atoms with Crippen LogP contribution in [-0.4, -0.2) is 48.7 Å². The van der Waals surface area contributed by atoms with Crippen LogP contribution in [0.25, 0.3) is 0 Å². The summed E-state index contributed by atoms with van der Waals surface area (Å²) in [7, 11) is 1.68. The van der Waals surface area contributed by atoms with Gasteiger partial charge in [0.05, 0.1) is 38.0 Å². The molecular weight excluding hydrogens is 342 g/mol. The number of methoxy groups -OCH3 is 1. The van der Waals surface area contributed by atoms with Gasteiger partial charge in [0.15, 0.2) is 0 Å². The summed E-state index contributed by atoms with van der Waals surface area (Å²) in [5, 5.41) is 3.02. The third-order valence-electron chi connectivity index (χ3n) is 5.44. The number of nitrogens with one attached hydrogen (secondary N) is 1. The van der Waals surface area contributed by atoms with Crippen molar-refractivity contribution in [3.63, 3.8) is 0 Å². The first-order chi connectivity index (χ1) is 13.2. The van der Waals surface area contributed by atoms with Crippen molar-refractivity contribution in [2.45, 2.75) is 19.2 Å². The second-order valence-electron chi connectivity index (χ2n) is 7.23. The van der Waals surface area contributed by atoms with E-state index < -0.39 is 0 Å². The van der Waals surface area contributed by atoms with Crippen LogP contribution in [-0.2, 0) is 22.6 Å². The SMILES string of the molecule is COc1cccc(CN2C[C@@H]3[C@@H](C(=O)NCc4ccccn4)CO[C@@H]3C2)c1. The van der Waals surface area contributed by atoms with Gasteiger partial charge in [0.2, 0.25) is 5.91 Å². The lowest BCUT2D eigenvalue weighted by Gasteiger charge is -2.19. The van der Waals surface area contributed by atoms with Crippen molar-refractivity contribution < 1.29 is 14.3 Å². The molecule has 2 aliphatic rings. The fourth-order valence-corrected chi connectivity index (χ4v) is 4.03. The van der Waals surface area contributed by atoms with Gasteiger partial charge in [-0.05, 0) is 29.8 Å². The zero-order valence-corrected chi connectivity index (χ0v) is 15.5. The first-order valence-corrected chi connectivity index (χ1v) is 9.37. The molecule has 1 amide bonds. The van der Waals surface area contributed by atoms with E-state index in [1.54, 1.807) is 13.3 Å². The topological polar surface area (TPSA) is 63.7 Å². The average molecular weight is 367 g/mol. The molecule has 3 heterocycles. The number of carbonyl (C=O) groups excluding carboxylic acids is 1. The number of carbonyl (C=O) groups is 1. The molecule has 1 aromatic carbocycles. The zero-order chi connectivity index (χ0) is 18.6. The van der Waals surface area contributed by atoms with Crippen molar-refractivity contribution in [3.05, 3.63) is 59.9 Å². The molecule has 0 unspecified atom stereocenters. The highest BCUT2D eigenvalue weighted by atomic mass is 16.5. The molecular formula is C21H25N3O3. The van der Waals surface area contributed by atoms with E-state index in [9.17, 15) is 4.79 Å². The molecule has 142 valence electrons. The Labute approximate surface area is 159 Å². The van der Waals surface area contributed by atoms with Gasteiger partial charge in [-0.2, -0.15) is 0 Å². The van der Waals surface area contributed by atoms with Crippen molar-refractivity contribution in [1.82, 2.24) is 15.2 Å². The minimum Gasteiger partial charge on any atom is -0.497 e. The van der Waals surface area contributed by atoms with Gasteiger partial charge in [-0.3, -0.25) is 14.7 Å². The van der Waals surface area contributed by atoms with Crippen LogP contribution in [0.3, 0.4) is 0 Å². The standard InChI is InChI=1S/C21H25N3O3/c1-26-17-7-4-5-15(9-17)11-24-12-18-19(14-27-20(18)13-24)21(25)23-10-16-6-2-3-8-22-16/h2-9,18-20H,10-14H2,1H3,(H,23,25)/t18-,19+,20-/m1/s1. The van der Waals surface area contributed by atoms with E-state index in [4.69, 9.17) is 9.47 Å². The summed E-state index contributed by atoms with van der Waals surface area (Å²) in [4.78, 5) is 19.3. The molecule has 3 atom stereocenters. The van der Waals surface area contributed by atoms with E-state index in [0.717, 1.165) is 31.1 Å². The van der Waals surface area contributed by atoms with Crippen molar-refractivity contribution in [2.75, 3.05) is 26.8 Å². The highest BCUT2D eigenvalue weighted by Crippen LogP contribution is 2.34. The molecule has 2 saturated heterocycles. The van der Waals surface area contributed by atoms with E-state index in [0.29, 0.717) is 13.2 Å². The van der Waals surface area contributed by atoms with Crippen LogP contribution < -0.4 is 10.1 Å². The fourth-order valence-electron chi connectivity index (χ4n) is 4.03. The van der Waals surface area contributed by atoms with Crippen molar-refractivity contribution in [2.24, 2.45) is 11.8 Å². The normalized spacial score (nSPS) is 24.6. The fraction of sp³-hybridized carbons (Fsp3) is 0.429. The first-order valence-electron chi connectivity index (χ1n) is 9.37. The number of aromatic nitrogens is 1. The number of rotatable bonds is 6. The maximum Gasteiger partial charge on any atom is 0.226 e. The van der Waals surface area contributed by atoms with Gasteiger partial charge in [-0.15, -0.1) is 0 Å². The lowest BCUT2D eigenvalue weighted by atomic mass is 9.92.